The maximum atomic E-state index is 10.5. The standard InChI is InChI=1S/C26H22O3/c27-25(19-7-3-1-4-8-19)21-11-15-23(16-12-21)29-24-17-13-22(14-18-24)26(28)20-9-5-2-6-10-20/h1-18,25-28H. The first-order valence-electron chi connectivity index (χ1n) is 9.54. The largest absolute Gasteiger partial charge is 0.457 e. The van der Waals surface area contributed by atoms with Crippen LogP contribution in [0.3, 0.4) is 0 Å². The number of hydrogen-bond donors (Lipinski definition) is 2. The summed E-state index contributed by atoms with van der Waals surface area (Å²) in [5, 5.41) is 21.0. The van der Waals surface area contributed by atoms with E-state index in [2.05, 4.69) is 0 Å². The molecular weight excluding hydrogens is 360 g/mol. The molecule has 4 rings (SSSR count). The summed E-state index contributed by atoms with van der Waals surface area (Å²) in [4.78, 5) is 0. The number of aliphatic hydroxyl groups excluding tert-OH is 2. The van der Waals surface area contributed by atoms with Gasteiger partial charge in [0.25, 0.3) is 0 Å². The highest BCUT2D eigenvalue weighted by molar-refractivity contribution is 5.39. The lowest BCUT2D eigenvalue weighted by atomic mass is 10.0. The minimum Gasteiger partial charge on any atom is -0.457 e. The second kappa shape index (κ2) is 8.74. The van der Waals surface area contributed by atoms with Crippen LogP contribution in [0.2, 0.25) is 0 Å². The molecule has 0 spiro atoms. The third-order valence-electron chi connectivity index (χ3n) is 4.86. The molecule has 29 heavy (non-hydrogen) atoms. The van der Waals surface area contributed by atoms with Crippen molar-refractivity contribution in [2.24, 2.45) is 0 Å². The van der Waals surface area contributed by atoms with Crippen molar-refractivity contribution in [2.75, 3.05) is 0 Å². The summed E-state index contributed by atoms with van der Waals surface area (Å²) in [5.41, 5.74) is 3.33. The second-order valence-electron chi connectivity index (χ2n) is 6.87. The number of aliphatic hydroxyl groups is 2. The average Bonchev–Trinajstić information content (AvgIpc) is 2.80. The maximum Gasteiger partial charge on any atom is 0.127 e. The lowest BCUT2D eigenvalue weighted by molar-refractivity contribution is 0.220. The fourth-order valence-electron chi connectivity index (χ4n) is 3.23. The summed E-state index contributed by atoms with van der Waals surface area (Å²) in [7, 11) is 0. The van der Waals surface area contributed by atoms with Gasteiger partial charge in [-0.2, -0.15) is 0 Å². The van der Waals surface area contributed by atoms with Crippen LogP contribution in [-0.4, -0.2) is 10.2 Å². The molecule has 2 N–H and O–H groups in total. The Kier molecular flexibility index (Phi) is 5.71. The van der Waals surface area contributed by atoms with Gasteiger partial charge in [-0.15, -0.1) is 0 Å². The van der Waals surface area contributed by atoms with Crippen LogP contribution in [0.5, 0.6) is 11.5 Å². The molecule has 0 aliphatic heterocycles. The molecule has 0 aliphatic rings. The number of rotatable bonds is 6. The minimum absolute atomic E-state index is 0.663. The van der Waals surface area contributed by atoms with Crippen molar-refractivity contribution >= 4 is 0 Å². The first kappa shape index (κ1) is 18.9. The van der Waals surface area contributed by atoms with Crippen molar-refractivity contribution in [3.05, 3.63) is 131 Å². The second-order valence-corrected chi connectivity index (χ2v) is 6.87. The van der Waals surface area contributed by atoms with Gasteiger partial charge in [0.1, 0.15) is 23.7 Å². The highest BCUT2D eigenvalue weighted by Gasteiger charge is 2.11. The van der Waals surface area contributed by atoms with Crippen molar-refractivity contribution in [1.29, 1.82) is 0 Å². The number of ether oxygens (including phenoxy) is 1. The van der Waals surface area contributed by atoms with Crippen LogP contribution in [0.25, 0.3) is 0 Å². The van der Waals surface area contributed by atoms with Crippen LogP contribution in [0.4, 0.5) is 0 Å². The summed E-state index contributed by atoms with van der Waals surface area (Å²) in [6.07, 6.45) is -1.33. The Balaban J connectivity index is 1.43. The van der Waals surface area contributed by atoms with E-state index < -0.39 is 12.2 Å². The monoisotopic (exact) mass is 382 g/mol. The first-order chi connectivity index (χ1) is 14.2. The molecular formula is C26H22O3. The van der Waals surface area contributed by atoms with E-state index in [1.54, 1.807) is 0 Å². The zero-order valence-corrected chi connectivity index (χ0v) is 15.8. The molecule has 3 heteroatoms. The summed E-state index contributed by atoms with van der Waals surface area (Å²) in [5.74, 6) is 1.37. The molecule has 0 fully saturated rings. The first-order valence-corrected chi connectivity index (χ1v) is 9.54. The topological polar surface area (TPSA) is 49.7 Å². The van der Waals surface area contributed by atoms with Crippen molar-refractivity contribution < 1.29 is 14.9 Å². The normalized spacial score (nSPS) is 12.9. The van der Waals surface area contributed by atoms with Gasteiger partial charge in [-0.25, -0.2) is 0 Å². The molecule has 3 nitrogen and oxygen atoms in total. The van der Waals surface area contributed by atoms with Crippen LogP contribution in [0, 0.1) is 0 Å². The van der Waals surface area contributed by atoms with Gasteiger partial charge in [0.15, 0.2) is 0 Å². The van der Waals surface area contributed by atoms with E-state index in [4.69, 9.17) is 4.74 Å². The minimum atomic E-state index is -0.663. The Morgan fingerprint density at radius 1 is 0.414 bits per heavy atom. The van der Waals surface area contributed by atoms with Gasteiger partial charge in [0, 0.05) is 0 Å². The lowest BCUT2D eigenvalue weighted by Gasteiger charge is -2.14. The van der Waals surface area contributed by atoms with Crippen molar-refractivity contribution in [3.63, 3.8) is 0 Å². The Morgan fingerprint density at radius 3 is 1.07 bits per heavy atom. The highest BCUT2D eigenvalue weighted by Crippen LogP contribution is 2.28. The van der Waals surface area contributed by atoms with Crippen LogP contribution in [0.15, 0.2) is 109 Å². The molecule has 0 radical (unpaired) electrons. The van der Waals surface area contributed by atoms with E-state index in [1.165, 1.54) is 0 Å². The fraction of sp³-hybridized carbons (Fsp3) is 0.0769. The maximum absolute atomic E-state index is 10.5. The molecule has 0 saturated carbocycles. The molecule has 2 unspecified atom stereocenters. The molecule has 4 aromatic carbocycles. The van der Waals surface area contributed by atoms with Gasteiger partial charge in [-0.3, -0.25) is 0 Å². The van der Waals surface area contributed by atoms with Gasteiger partial charge in [0.2, 0.25) is 0 Å². The van der Waals surface area contributed by atoms with E-state index in [0.29, 0.717) is 11.5 Å². The van der Waals surface area contributed by atoms with E-state index in [9.17, 15) is 10.2 Å². The third kappa shape index (κ3) is 4.54. The summed E-state index contributed by atoms with van der Waals surface area (Å²) in [6.45, 7) is 0. The molecule has 0 bridgehead atoms. The smallest absolute Gasteiger partial charge is 0.127 e. The highest BCUT2D eigenvalue weighted by atomic mass is 16.5. The molecule has 4 aromatic rings. The van der Waals surface area contributed by atoms with E-state index in [-0.39, 0.29) is 0 Å². The lowest BCUT2D eigenvalue weighted by Crippen LogP contribution is -1.99. The predicted octanol–water partition coefficient (Wildman–Crippen LogP) is 5.64. The SMILES string of the molecule is OC(c1ccccc1)c1ccc(Oc2ccc(C(O)c3ccccc3)cc2)cc1. The van der Waals surface area contributed by atoms with Gasteiger partial charge >= 0.3 is 0 Å². The van der Waals surface area contributed by atoms with E-state index in [1.807, 2.05) is 109 Å². The van der Waals surface area contributed by atoms with Gasteiger partial charge < -0.3 is 14.9 Å². The molecule has 0 aromatic heterocycles. The average molecular weight is 382 g/mol. The van der Waals surface area contributed by atoms with Gasteiger partial charge in [-0.05, 0) is 46.5 Å². The Bertz CT molecular complexity index is 940. The number of benzene rings is 4. The molecule has 2 atom stereocenters. The summed E-state index contributed by atoms with van der Waals surface area (Å²) in [6, 6.07) is 33.9. The van der Waals surface area contributed by atoms with E-state index >= 15 is 0 Å². The van der Waals surface area contributed by atoms with Crippen LogP contribution < -0.4 is 4.74 Å². The summed E-state index contributed by atoms with van der Waals surface area (Å²) < 4.78 is 5.90. The van der Waals surface area contributed by atoms with Gasteiger partial charge in [-0.1, -0.05) is 84.9 Å². The van der Waals surface area contributed by atoms with Crippen molar-refractivity contribution in [3.8, 4) is 11.5 Å². The Hall–Kier alpha value is -3.40. The van der Waals surface area contributed by atoms with Gasteiger partial charge in [0.05, 0.1) is 0 Å². The molecule has 144 valence electrons. The van der Waals surface area contributed by atoms with Crippen LogP contribution >= 0.6 is 0 Å². The number of hydrogen-bond acceptors (Lipinski definition) is 3. The predicted molar refractivity (Wildman–Crippen MR) is 114 cm³/mol. The molecule has 0 saturated heterocycles. The quantitative estimate of drug-likeness (QED) is 0.453. The Labute approximate surface area is 170 Å². The van der Waals surface area contributed by atoms with Crippen molar-refractivity contribution in [1.82, 2.24) is 0 Å². The zero-order valence-electron chi connectivity index (χ0n) is 15.8. The summed E-state index contributed by atoms with van der Waals surface area (Å²) >= 11 is 0. The fourth-order valence-corrected chi connectivity index (χ4v) is 3.23. The van der Waals surface area contributed by atoms with E-state index in [0.717, 1.165) is 22.3 Å². The van der Waals surface area contributed by atoms with Crippen LogP contribution in [-0.2, 0) is 0 Å². The zero-order chi connectivity index (χ0) is 20.1. The molecule has 0 amide bonds. The Morgan fingerprint density at radius 2 is 0.724 bits per heavy atom. The van der Waals surface area contributed by atoms with Crippen LogP contribution in [0.1, 0.15) is 34.5 Å². The molecule has 0 aliphatic carbocycles. The van der Waals surface area contributed by atoms with Crippen molar-refractivity contribution in [2.45, 2.75) is 12.2 Å². The third-order valence-corrected chi connectivity index (χ3v) is 4.86. The molecule has 0 heterocycles.